The summed E-state index contributed by atoms with van der Waals surface area (Å²) in [5, 5.41) is 3.09. The van der Waals surface area contributed by atoms with Gasteiger partial charge >= 0.3 is 0 Å². The van der Waals surface area contributed by atoms with Gasteiger partial charge in [0.25, 0.3) is 0 Å². The molecular formula is C14H19FN2O. The first-order valence-corrected chi connectivity index (χ1v) is 6.44. The minimum atomic E-state index is -0.261. The lowest BCUT2D eigenvalue weighted by Gasteiger charge is -2.21. The molecule has 3 nitrogen and oxygen atoms in total. The Morgan fingerprint density at radius 2 is 2.06 bits per heavy atom. The molecule has 1 amide bonds. The van der Waals surface area contributed by atoms with Crippen LogP contribution in [0.3, 0.4) is 0 Å². The van der Waals surface area contributed by atoms with Crippen molar-refractivity contribution in [3.63, 3.8) is 0 Å². The zero-order chi connectivity index (χ0) is 13.0. The van der Waals surface area contributed by atoms with Gasteiger partial charge in [-0.3, -0.25) is 4.79 Å². The van der Waals surface area contributed by atoms with Crippen LogP contribution in [0.2, 0.25) is 0 Å². The van der Waals surface area contributed by atoms with Crippen molar-refractivity contribution >= 4 is 5.91 Å². The van der Waals surface area contributed by atoms with Crippen molar-refractivity contribution in [2.24, 2.45) is 0 Å². The van der Waals surface area contributed by atoms with E-state index in [-0.39, 0.29) is 17.8 Å². The van der Waals surface area contributed by atoms with Gasteiger partial charge in [-0.25, -0.2) is 4.39 Å². The summed E-state index contributed by atoms with van der Waals surface area (Å²) in [4.78, 5) is 13.9. The first kappa shape index (κ1) is 13.0. The number of halogens is 1. The zero-order valence-corrected chi connectivity index (χ0v) is 10.7. The number of amides is 1. The molecule has 0 spiro atoms. The molecule has 1 aliphatic heterocycles. The third-order valence-electron chi connectivity index (χ3n) is 3.34. The Hall–Kier alpha value is -1.42. The lowest BCUT2D eigenvalue weighted by atomic mass is 10.2. The highest BCUT2D eigenvalue weighted by Gasteiger charge is 2.22. The fourth-order valence-corrected chi connectivity index (χ4v) is 2.20. The normalized spacial score (nSPS) is 16.9. The second kappa shape index (κ2) is 5.96. The summed E-state index contributed by atoms with van der Waals surface area (Å²) in [6.45, 7) is 3.92. The van der Waals surface area contributed by atoms with E-state index in [0.717, 1.165) is 25.9 Å². The number of carbonyl (C=O) groups excluding carboxylic acids is 1. The second-order valence-corrected chi connectivity index (χ2v) is 4.73. The van der Waals surface area contributed by atoms with Gasteiger partial charge in [0.15, 0.2) is 0 Å². The molecule has 1 aromatic rings. The maximum absolute atomic E-state index is 13.4. The van der Waals surface area contributed by atoms with Gasteiger partial charge in [0, 0.05) is 25.2 Å². The van der Waals surface area contributed by atoms with E-state index in [2.05, 4.69) is 5.32 Å². The van der Waals surface area contributed by atoms with Crippen LogP contribution in [0.15, 0.2) is 24.3 Å². The second-order valence-electron chi connectivity index (χ2n) is 4.73. The van der Waals surface area contributed by atoms with Crippen molar-refractivity contribution in [3.05, 3.63) is 35.6 Å². The largest absolute Gasteiger partial charge is 0.341 e. The van der Waals surface area contributed by atoms with Crippen LogP contribution in [-0.2, 0) is 11.3 Å². The van der Waals surface area contributed by atoms with Crippen LogP contribution in [0.1, 0.15) is 25.3 Å². The van der Waals surface area contributed by atoms with E-state index in [9.17, 15) is 9.18 Å². The van der Waals surface area contributed by atoms with Crippen LogP contribution in [0.5, 0.6) is 0 Å². The molecule has 1 unspecified atom stereocenters. The van der Waals surface area contributed by atoms with Crippen LogP contribution in [0.25, 0.3) is 0 Å². The summed E-state index contributed by atoms with van der Waals surface area (Å²) in [5.41, 5.74) is 0.596. The average Bonchev–Trinajstić information content (AvgIpc) is 2.90. The number of carbonyl (C=O) groups is 1. The number of nitrogens with zero attached hydrogens (tertiary/aromatic N) is 1. The first-order valence-electron chi connectivity index (χ1n) is 6.44. The molecule has 1 aliphatic rings. The minimum Gasteiger partial charge on any atom is -0.341 e. The number of likely N-dealkylation sites (tertiary alicyclic amines) is 1. The van der Waals surface area contributed by atoms with Crippen LogP contribution < -0.4 is 5.32 Å². The molecule has 1 fully saturated rings. The lowest BCUT2D eigenvalue weighted by molar-refractivity contribution is -0.131. The summed E-state index contributed by atoms with van der Waals surface area (Å²) < 4.78 is 13.4. The Bertz CT molecular complexity index is 416. The number of nitrogens with one attached hydrogen (secondary N) is 1. The van der Waals surface area contributed by atoms with Crippen LogP contribution in [-0.4, -0.2) is 29.9 Å². The van der Waals surface area contributed by atoms with E-state index in [1.807, 2.05) is 11.8 Å². The molecule has 0 saturated carbocycles. The molecular weight excluding hydrogens is 231 g/mol. The number of hydrogen-bond donors (Lipinski definition) is 1. The molecule has 1 heterocycles. The third kappa shape index (κ3) is 3.07. The molecule has 2 rings (SSSR count). The van der Waals surface area contributed by atoms with Crippen molar-refractivity contribution in [2.45, 2.75) is 32.4 Å². The van der Waals surface area contributed by atoms with Gasteiger partial charge in [0.2, 0.25) is 5.91 Å². The molecule has 1 atom stereocenters. The Morgan fingerprint density at radius 1 is 1.39 bits per heavy atom. The standard InChI is InChI=1S/C14H19FN2O/c1-11(14(18)17-8-4-5-9-17)16-10-12-6-2-3-7-13(12)15/h2-3,6-7,11,16H,4-5,8-10H2,1H3. The molecule has 1 saturated heterocycles. The van der Waals surface area contributed by atoms with Crippen LogP contribution in [0, 0.1) is 5.82 Å². The van der Waals surface area contributed by atoms with E-state index in [0.29, 0.717) is 12.1 Å². The minimum absolute atomic E-state index is 0.115. The summed E-state index contributed by atoms with van der Waals surface area (Å²) in [6, 6.07) is 6.37. The average molecular weight is 250 g/mol. The third-order valence-corrected chi connectivity index (χ3v) is 3.34. The maximum Gasteiger partial charge on any atom is 0.239 e. The number of hydrogen-bond acceptors (Lipinski definition) is 2. The predicted molar refractivity (Wildman–Crippen MR) is 68.5 cm³/mol. The Kier molecular flexibility index (Phi) is 4.31. The molecule has 0 radical (unpaired) electrons. The van der Waals surface area contributed by atoms with E-state index in [1.165, 1.54) is 6.07 Å². The Balaban J connectivity index is 1.86. The fraction of sp³-hybridized carbons (Fsp3) is 0.500. The van der Waals surface area contributed by atoms with Gasteiger partial charge in [-0.05, 0) is 25.8 Å². The summed E-state index contributed by atoms with van der Waals surface area (Å²) in [7, 11) is 0. The van der Waals surface area contributed by atoms with Crippen LogP contribution >= 0.6 is 0 Å². The first-order chi connectivity index (χ1) is 8.68. The molecule has 1 N–H and O–H groups in total. The van der Waals surface area contributed by atoms with E-state index in [1.54, 1.807) is 18.2 Å². The van der Waals surface area contributed by atoms with Gasteiger partial charge in [-0.1, -0.05) is 18.2 Å². The van der Waals surface area contributed by atoms with Gasteiger partial charge in [-0.15, -0.1) is 0 Å². The lowest BCUT2D eigenvalue weighted by Crippen LogP contribution is -2.43. The molecule has 0 bridgehead atoms. The van der Waals surface area contributed by atoms with Crippen molar-refractivity contribution in [1.29, 1.82) is 0 Å². The van der Waals surface area contributed by atoms with Crippen molar-refractivity contribution in [2.75, 3.05) is 13.1 Å². The molecule has 0 aromatic heterocycles. The Labute approximate surface area is 107 Å². The monoisotopic (exact) mass is 250 g/mol. The highest BCUT2D eigenvalue weighted by Crippen LogP contribution is 2.10. The maximum atomic E-state index is 13.4. The summed E-state index contributed by atoms with van der Waals surface area (Å²) >= 11 is 0. The highest BCUT2D eigenvalue weighted by atomic mass is 19.1. The van der Waals surface area contributed by atoms with Crippen molar-refractivity contribution in [3.8, 4) is 0 Å². The van der Waals surface area contributed by atoms with Gasteiger partial charge in [-0.2, -0.15) is 0 Å². The molecule has 18 heavy (non-hydrogen) atoms. The van der Waals surface area contributed by atoms with Gasteiger partial charge in [0.1, 0.15) is 5.82 Å². The quantitative estimate of drug-likeness (QED) is 0.885. The SMILES string of the molecule is CC(NCc1ccccc1F)C(=O)N1CCCC1. The van der Waals surface area contributed by atoms with E-state index >= 15 is 0 Å². The van der Waals surface area contributed by atoms with Crippen LogP contribution in [0.4, 0.5) is 4.39 Å². The smallest absolute Gasteiger partial charge is 0.239 e. The van der Waals surface area contributed by atoms with E-state index < -0.39 is 0 Å². The number of benzene rings is 1. The predicted octanol–water partition coefficient (Wildman–Crippen LogP) is 1.93. The van der Waals surface area contributed by atoms with Crippen molar-refractivity contribution < 1.29 is 9.18 Å². The topological polar surface area (TPSA) is 32.3 Å². The molecule has 0 aliphatic carbocycles. The molecule has 4 heteroatoms. The molecule has 1 aromatic carbocycles. The zero-order valence-electron chi connectivity index (χ0n) is 10.7. The number of rotatable bonds is 4. The van der Waals surface area contributed by atoms with Crippen molar-refractivity contribution in [1.82, 2.24) is 10.2 Å². The Morgan fingerprint density at radius 3 is 2.72 bits per heavy atom. The summed E-state index contributed by atoms with van der Waals surface area (Å²) in [5.74, 6) is -0.116. The highest BCUT2D eigenvalue weighted by molar-refractivity contribution is 5.81. The summed E-state index contributed by atoms with van der Waals surface area (Å²) in [6.07, 6.45) is 2.18. The molecule has 98 valence electrons. The fourth-order valence-electron chi connectivity index (χ4n) is 2.20. The van der Waals surface area contributed by atoms with Gasteiger partial charge < -0.3 is 10.2 Å². The van der Waals surface area contributed by atoms with Gasteiger partial charge in [0.05, 0.1) is 6.04 Å². The van der Waals surface area contributed by atoms with E-state index in [4.69, 9.17) is 0 Å².